The lowest BCUT2D eigenvalue weighted by molar-refractivity contribution is 0.879. The van der Waals surface area contributed by atoms with E-state index in [0.29, 0.717) is 0 Å². The molecular formula is C19H25N. The first-order valence-corrected chi connectivity index (χ1v) is 7.58. The zero-order valence-corrected chi connectivity index (χ0v) is 13.4. The minimum absolute atomic E-state index is 0.256. The van der Waals surface area contributed by atoms with Gasteiger partial charge in [0.2, 0.25) is 0 Å². The van der Waals surface area contributed by atoms with E-state index in [4.69, 9.17) is 0 Å². The van der Waals surface area contributed by atoms with Crippen molar-refractivity contribution in [1.29, 1.82) is 0 Å². The van der Waals surface area contributed by atoms with E-state index in [0.717, 1.165) is 23.7 Å². The summed E-state index contributed by atoms with van der Waals surface area (Å²) in [5.41, 5.74) is 6.06. The van der Waals surface area contributed by atoms with E-state index in [1.165, 1.54) is 29.5 Å². The molecule has 1 heteroatoms. The lowest BCUT2D eigenvalue weighted by Crippen LogP contribution is -1.95. The standard InChI is InChI=1S/C19H25N/c1-13(2)20-19-12-16(5)15(4)11-18(19)14(3)7-6-8-17-9-10-17/h11-12,14,17H,8-10H2,1-5H3. The molecule has 2 rings (SSSR count). The van der Waals surface area contributed by atoms with Crippen LogP contribution in [0, 0.1) is 31.6 Å². The van der Waals surface area contributed by atoms with Crippen LogP contribution >= 0.6 is 0 Å². The predicted molar refractivity (Wildman–Crippen MR) is 87.9 cm³/mol. The van der Waals surface area contributed by atoms with Crippen molar-refractivity contribution >= 4 is 11.4 Å². The smallest absolute Gasteiger partial charge is 0.0676 e. The highest BCUT2D eigenvalue weighted by Gasteiger charge is 2.19. The van der Waals surface area contributed by atoms with Crippen LogP contribution in [0.25, 0.3) is 0 Å². The SMILES string of the molecule is CC(C)=Nc1cc(C)c(C)cc1C(C)C#CCC1CC1. The van der Waals surface area contributed by atoms with Crippen LogP contribution in [0.4, 0.5) is 5.69 Å². The number of hydrogen-bond donors (Lipinski definition) is 0. The van der Waals surface area contributed by atoms with E-state index in [2.05, 4.69) is 49.7 Å². The molecule has 1 fully saturated rings. The Hall–Kier alpha value is -1.55. The van der Waals surface area contributed by atoms with Crippen molar-refractivity contribution in [3.8, 4) is 11.8 Å². The molecule has 0 aliphatic heterocycles. The number of rotatable bonds is 3. The molecule has 1 unspecified atom stereocenters. The van der Waals surface area contributed by atoms with Gasteiger partial charge in [0.1, 0.15) is 0 Å². The molecule has 106 valence electrons. The van der Waals surface area contributed by atoms with Gasteiger partial charge in [-0.1, -0.05) is 12.0 Å². The molecule has 1 aromatic rings. The Morgan fingerprint density at radius 3 is 2.50 bits per heavy atom. The molecule has 0 radical (unpaired) electrons. The summed E-state index contributed by atoms with van der Waals surface area (Å²) in [6.45, 7) is 10.6. The highest BCUT2D eigenvalue weighted by molar-refractivity contribution is 5.82. The molecule has 1 nitrogen and oxygen atoms in total. The van der Waals surface area contributed by atoms with Gasteiger partial charge in [-0.2, -0.15) is 0 Å². The number of aliphatic imine (C=N–C) groups is 1. The average Bonchev–Trinajstić information content (AvgIpc) is 3.16. The Morgan fingerprint density at radius 2 is 1.90 bits per heavy atom. The van der Waals surface area contributed by atoms with Gasteiger partial charge in [0, 0.05) is 18.1 Å². The summed E-state index contributed by atoms with van der Waals surface area (Å²) in [4.78, 5) is 4.69. The van der Waals surface area contributed by atoms with E-state index in [-0.39, 0.29) is 5.92 Å². The van der Waals surface area contributed by atoms with Crippen molar-refractivity contribution in [2.45, 2.75) is 59.8 Å². The number of hydrogen-bond acceptors (Lipinski definition) is 1. The maximum atomic E-state index is 4.69. The quantitative estimate of drug-likeness (QED) is 0.519. The summed E-state index contributed by atoms with van der Waals surface area (Å²) in [6, 6.07) is 4.45. The maximum Gasteiger partial charge on any atom is 0.0676 e. The molecule has 1 aliphatic rings. The first-order valence-electron chi connectivity index (χ1n) is 7.58. The summed E-state index contributed by atoms with van der Waals surface area (Å²) in [5.74, 6) is 7.91. The van der Waals surface area contributed by atoms with Gasteiger partial charge >= 0.3 is 0 Å². The van der Waals surface area contributed by atoms with Gasteiger partial charge in [-0.15, -0.1) is 5.92 Å². The van der Waals surface area contributed by atoms with Crippen molar-refractivity contribution in [2.24, 2.45) is 10.9 Å². The van der Waals surface area contributed by atoms with E-state index < -0.39 is 0 Å². The Morgan fingerprint density at radius 1 is 1.25 bits per heavy atom. The highest BCUT2D eigenvalue weighted by atomic mass is 14.7. The first-order chi connectivity index (χ1) is 9.47. The largest absolute Gasteiger partial charge is 0.258 e. The summed E-state index contributed by atoms with van der Waals surface area (Å²) in [7, 11) is 0. The third-order valence-electron chi connectivity index (χ3n) is 3.86. The van der Waals surface area contributed by atoms with Crippen molar-refractivity contribution in [2.75, 3.05) is 0 Å². The van der Waals surface area contributed by atoms with Crippen LogP contribution in [0.5, 0.6) is 0 Å². The first kappa shape index (κ1) is 14.9. The molecule has 1 atom stereocenters. The van der Waals surface area contributed by atoms with Crippen LogP contribution in [0.2, 0.25) is 0 Å². The molecule has 0 amide bonds. The third kappa shape index (κ3) is 3.97. The molecule has 20 heavy (non-hydrogen) atoms. The second-order valence-corrected chi connectivity index (χ2v) is 6.24. The zero-order valence-electron chi connectivity index (χ0n) is 13.4. The number of aryl methyl sites for hydroxylation is 2. The van der Waals surface area contributed by atoms with Gasteiger partial charge < -0.3 is 0 Å². The summed E-state index contributed by atoms with van der Waals surface area (Å²) < 4.78 is 0. The second-order valence-electron chi connectivity index (χ2n) is 6.24. The number of benzene rings is 1. The fourth-order valence-electron chi connectivity index (χ4n) is 2.26. The minimum atomic E-state index is 0.256. The average molecular weight is 267 g/mol. The van der Waals surface area contributed by atoms with Gasteiger partial charge in [-0.25, -0.2) is 0 Å². The van der Waals surface area contributed by atoms with Gasteiger partial charge in [-0.05, 0) is 76.1 Å². The molecule has 0 N–H and O–H groups in total. The van der Waals surface area contributed by atoms with Crippen LogP contribution in [-0.4, -0.2) is 5.71 Å². The van der Waals surface area contributed by atoms with E-state index in [9.17, 15) is 0 Å². The zero-order chi connectivity index (χ0) is 14.7. The van der Waals surface area contributed by atoms with Crippen LogP contribution in [0.3, 0.4) is 0 Å². The van der Waals surface area contributed by atoms with E-state index >= 15 is 0 Å². The highest BCUT2D eigenvalue weighted by Crippen LogP contribution is 2.33. The topological polar surface area (TPSA) is 12.4 Å². The van der Waals surface area contributed by atoms with Crippen LogP contribution < -0.4 is 0 Å². The van der Waals surface area contributed by atoms with Crippen molar-refractivity contribution in [1.82, 2.24) is 0 Å². The van der Waals surface area contributed by atoms with Crippen LogP contribution in [0.1, 0.15) is 62.6 Å². The fourth-order valence-corrected chi connectivity index (χ4v) is 2.26. The normalized spacial score (nSPS) is 15.2. The third-order valence-corrected chi connectivity index (χ3v) is 3.86. The van der Waals surface area contributed by atoms with Crippen molar-refractivity contribution in [3.05, 3.63) is 28.8 Å². The van der Waals surface area contributed by atoms with Crippen LogP contribution in [-0.2, 0) is 0 Å². The Labute approximate surface area is 123 Å². The molecule has 0 heterocycles. The molecule has 0 aromatic heterocycles. The van der Waals surface area contributed by atoms with E-state index in [1.54, 1.807) is 0 Å². The molecule has 0 spiro atoms. The van der Waals surface area contributed by atoms with Crippen molar-refractivity contribution < 1.29 is 0 Å². The maximum absolute atomic E-state index is 4.69. The molecular weight excluding hydrogens is 242 g/mol. The second kappa shape index (κ2) is 6.27. The molecule has 1 aromatic carbocycles. The lowest BCUT2D eigenvalue weighted by Gasteiger charge is -2.12. The Kier molecular flexibility index (Phi) is 4.65. The molecule has 1 saturated carbocycles. The van der Waals surface area contributed by atoms with E-state index in [1.807, 2.05) is 13.8 Å². The van der Waals surface area contributed by atoms with Gasteiger partial charge in [-0.3, -0.25) is 4.99 Å². The fraction of sp³-hybridized carbons (Fsp3) is 0.526. The molecule has 0 saturated heterocycles. The summed E-state index contributed by atoms with van der Waals surface area (Å²) in [5, 5.41) is 0. The summed E-state index contributed by atoms with van der Waals surface area (Å²) >= 11 is 0. The predicted octanol–water partition coefficient (Wildman–Crippen LogP) is 5.32. The van der Waals surface area contributed by atoms with Gasteiger partial charge in [0.05, 0.1) is 5.69 Å². The molecule has 0 bridgehead atoms. The summed E-state index contributed by atoms with van der Waals surface area (Å²) in [6.07, 6.45) is 3.81. The monoisotopic (exact) mass is 267 g/mol. The van der Waals surface area contributed by atoms with Gasteiger partial charge in [0.15, 0.2) is 0 Å². The van der Waals surface area contributed by atoms with Crippen LogP contribution in [0.15, 0.2) is 17.1 Å². The number of nitrogens with zero attached hydrogens (tertiary/aromatic N) is 1. The minimum Gasteiger partial charge on any atom is -0.258 e. The van der Waals surface area contributed by atoms with Crippen molar-refractivity contribution in [3.63, 3.8) is 0 Å². The van der Waals surface area contributed by atoms with Gasteiger partial charge in [0.25, 0.3) is 0 Å². The molecule has 1 aliphatic carbocycles. The Bertz CT molecular complexity index is 576. The Balaban J connectivity index is 2.28. The lowest BCUT2D eigenvalue weighted by atomic mass is 9.95.